The molecule has 13 heavy (non-hydrogen) atoms. The van der Waals surface area contributed by atoms with E-state index in [4.69, 9.17) is 23.2 Å². The van der Waals surface area contributed by atoms with Crippen molar-refractivity contribution in [3.63, 3.8) is 0 Å². The zero-order valence-corrected chi connectivity index (χ0v) is 7.79. The molecule has 0 aliphatic rings. The SMILES string of the molecule is O=c1[nH]cc(Cl)c(C(F)F)c1CCl. The number of rotatable bonds is 2. The molecule has 0 aliphatic heterocycles. The fourth-order valence-electron chi connectivity index (χ4n) is 0.929. The van der Waals surface area contributed by atoms with Crippen LogP contribution in [0.2, 0.25) is 5.02 Å². The van der Waals surface area contributed by atoms with E-state index in [2.05, 4.69) is 4.98 Å². The van der Waals surface area contributed by atoms with E-state index in [1.807, 2.05) is 0 Å². The number of halogens is 4. The van der Waals surface area contributed by atoms with E-state index in [1.54, 1.807) is 0 Å². The van der Waals surface area contributed by atoms with Crippen molar-refractivity contribution in [2.24, 2.45) is 0 Å². The van der Waals surface area contributed by atoms with Crippen molar-refractivity contribution in [1.29, 1.82) is 0 Å². The van der Waals surface area contributed by atoms with Crippen LogP contribution >= 0.6 is 23.2 Å². The largest absolute Gasteiger partial charge is 0.327 e. The summed E-state index contributed by atoms with van der Waals surface area (Å²) >= 11 is 10.8. The minimum atomic E-state index is -2.79. The van der Waals surface area contributed by atoms with Crippen molar-refractivity contribution in [2.75, 3.05) is 0 Å². The third-order valence-corrected chi connectivity index (χ3v) is 2.12. The van der Waals surface area contributed by atoms with Gasteiger partial charge in [-0.3, -0.25) is 4.79 Å². The summed E-state index contributed by atoms with van der Waals surface area (Å²) in [4.78, 5) is 13.2. The lowest BCUT2D eigenvalue weighted by atomic mass is 10.1. The van der Waals surface area contributed by atoms with Gasteiger partial charge in [-0.2, -0.15) is 0 Å². The van der Waals surface area contributed by atoms with Gasteiger partial charge in [-0.25, -0.2) is 8.78 Å². The van der Waals surface area contributed by atoms with Gasteiger partial charge in [0, 0.05) is 17.3 Å². The summed E-state index contributed by atoms with van der Waals surface area (Å²) in [6, 6.07) is 0. The van der Waals surface area contributed by atoms with E-state index in [1.165, 1.54) is 0 Å². The fourth-order valence-corrected chi connectivity index (χ4v) is 1.45. The molecular weight excluding hydrogens is 223 g/mol. The summed E-state index contributed by atoms with van der Waals surface area (Å²) in [5.74, 6) is -0.282. The van der Waals surface area contributed by atoms with E-state index in [-0.39, 0.29) is 16.5 Å². The summed E-state index contributed by atoms with van der Waals surface area (Å²) in [5, 5.41) is -0.176. The summed E-state index contributed by atoms with van der Waals surface area (Å²) < 4.78 is 24.7. The lowest BCUT2D eigenvalue weighted by molar-refractivity contribution is 0.150. The van der Waals surface area contributed by atoms with Gasteiger partial charge in [0.05, 0.1) is 10.9 Å². The molecule has 6 heteroatoms. The molecule has 1 aromatic heterocycles. The minimum Gasteiger partial charge on any atom is -0.327 e. The van der Waals surface area contributed by atoms with Crippen LogP contribution in [-0.2, 0) is 5.88 Å². The molecule has 0 amide bonds. The van der Waals surface area contributed by atoms with Gasteiger partial charge in [-0.15, -0.1) is 11.6 Å². The molecule has 0 aliphatic carbocycles. The molecule has 0 fully saturated rings. The molecule has 2 nitrogen and oxygen atoms in total. The quantitative estimate of drug-likeness (QED) is 0.775. The molecule has 0 saturated carbocycles. The first-order valence-electron chi connectivity index (χ1n) is 3.32. The van der Waals surface area contributed by atoms with Gasteiger partial charge in [0.1, 0.15) is 0 Å². The molecule has 0 atom stereocenters. The predicted octanol–water partition coefficient (Wildman–Crippen LogP) is 2.70. The number of alkyl halides is 3. The maximum absolute atomic E-state index is 12.4. The first-order valence-corrected chi connectivity index (χ1v) is 4.23. The zero-order valence-electron chi connectivity index (χ0n) is 6.28. The van der Waals surface area contributed by atoms with E-state index in [0.717, 1.165) is 6.20 Å². The maximum Gasteiger partial charge on any atom is 0.265 e. The summed E-state index contributed by atoms with van der Waals surface area (Å²) in [6.45, 7) is 0. The van der Waals surface area contributed by atoms with Crippen LogP contribution in [0.5, 0.6) is 0 Å². The summed E-state index contributed by atoms with van der Waals surface area (Å²) in [7, 11) is 0. The van der Waals surface area contributed by atoms with Crippen molar-refractivity contribution >= 4 is 23.2 Å². The zero-order chi connectivity index (χ0) is 10.0. The highest BCUT2D eigenvalue weighted by Gasteiger charge is 2.18. The molecule has 0 radical (unpaired) electrons. The van der Waals surface area contributed by atoms with Crippen molar-refractivity contribution in [1.82, 2.24) is 4.98 Å². The number of aromatic nitrogens is 1. The van der Waals surface area contributed by atoms with Crippen molar-refractivity contribution in [3.05, 3.63) is 32.7 Å². The van der Waals surface area contributed by atoms with Crippen LogP contribution in [0.25, 0.3) is 0 Å². The van der Waals surface area contributed by atoms with Crippen molar-refractivity contribution in [2.45, 2.75) is 12.3 Å². The molecule has 1 rings (SSSR count). The second-order valence-corrected chi connectivity index (χ2v) is 2.97. The Bertz CT molecular complexity index is 364. The Hall–Kier alpha value is -0.610. The summed E-state index contributed by atoms with van der Waals surface area (Å²) in [5.41, 5.74) is -1.29. The number of hydrogen-bond donors (Lipinski definition) is 1. The van der Waals surface area contributed by atoms with Gasteiger partial charge in [-0.1, -0.05) is 11.6 Å². The highest BCUT2D eigenvalue weighted by atomic mass is 35.5. The van der Waals surface area contributed by atoms with Gasteiger partial charge < -0.3 is 4.98 Å². The van der Waals surface area contributed by atoms with Crippen molar-refractivity contribution in [3.8, 4) is 0 Å². The van der Waals surface area contributed by atoms with E-state index < -0.39 is 17.5 Å². The molecule has 72 valence electrons. The second-order valence-electron chi connectivity index (χ2n) is 2.29. The topological polar surface area (TPSA) is 32.9 Å². The van der Waals surface area contributed by atoms with Crippen LogP contribution in [0.4, 0.5) is 8.78 Å². The average Bonchev–Trinajstić information content (AvgIpc) is 2.07. The van der Waals surface area contributed by atoms with E-state index in [0.29, 0.717) is 0 Å². The molecular formula is C7H5Cl2F2NO. The third-order valence-electron chi connectivity index (χ3n) is 1.54. The van der Waals surface area contributed by atoms with E-state index >= 15 is 0 Å². The predicted molar refractivity (Wildman–Crippen MR) is 46.6 cm³/mol. The summed E-state index contributed by atoms with van der Waals surface area (Å²) in [6.07, 6.45) is -1.76. The van der Waals surface area contributed by atoms with Gasteiger partial charge >= 0.3 is 0 Å². The fraction of sp³-hybridized carbons (Fsp3) is 0.286. The highest BCUT2D eigenvalue weighted by Crippen LogP contribution is 2.28. The molecule has 0 unspecified atom stereocenters. The first-order chi connectivity index (χ1) is 6.07. The molecule has 0 saturated heterocycles. The van der Waals surface area contributed by atoms with Gasteiger partial charge in [-0.05, 0) is 0 Å². The molecule has 0 aromatic carbocycles. The number of aromatic amines is 1. The van der Waals surface area contributed by atoms with Gasteiger partial charge in [0.2, 0.25) is 0 Å². The Kier molecular flexibility index (Phi) is 3.27. The molecule has 0 spiro atoms. The molecule has 1 heterocycles. The maximum atomic E-state index is 12.4. The Morgan fingerprint density at radius 2 is 2.15 bits per heavy atom. The first kappa shape index (κ1) is 10.5. The number of pyridine rings is 1. The van der Waals surface area contributed by atoms with Crippen LogP contribution in [0.3, 0.4) is 0 Å². The normalized spacial score (nSPS) is 10.8. The number of hydrogen-bond acceptors (Lipinski definition) is 1. The standard InChI is InChI=1S/C7H5Cl2F2NO/c8-1-3-5(6(10)11)4(9)2-12-7(3)13/h2,6H,1H2,(H,12,13). The van der Waals surface area contributed by atoms with Crippen molar-refractivity contribution < 1.29 is 8.78 Å². The third kappa shape index (κ3) is 2.00. The Labute approximate surface area is 82.5 Å². The Morgan fingerprint density at radius 3 is 2.54 bits per heavy atom. The lowest BCUT2D eigenvalue weighted by Gasteiger charge is -2.06. The molecule has 1 aromatic rings. The number of H-pyrrole nitrogens is 1. The van der Waals surface area contributed by atoms with Crippen LogP contribution in [-0.4, -0.2) is 4.98 Å². The average molecular weight is 228 g/mol. The van der Waals surface area contributed by atoms with Crippen LogP contribution in [0.15, 0.2) is 11.0 Å². The van der Waals surface area contributed by atoms with Crippen LogP contribution < -0.4 is 5.56 Å². The Balaban J connectivity index is 3.44. The van der Waals surface area contributed by atoms with E-state index in [9.17, 15) is 13.6 Å². The minimum absolute atomic E-state index is 0.176. The van der Waals surface area contributed by atoms with Crippen LogP contribution in [0.1, 0.15) is 17.6 Å². The Morgan fingerprint density at radius 1 is 1.54 bits per heavy atom. The highest BCUT2D eigenvalue weighted by molar-refractivity contribution is 6.31. The molecule has 1 N–H and O–H groups in total. The monoisotopic (exact) mass is 227 g/mol. The van der Waals surface area contributed by atoms with Gasteiger partial charge in [0.15, 0.2) is 0 Å². The second kappa shape index (κ2) is 4.07. The smallest absolute Gasteiger partial charge is 0.265 e. The molecule has 0 bridgehead atoms. The van der Waals surface area contributed by atoms with Gasteiger partial charge in [0.25, 0.3) is 12.0 Å². The lowest BCUT2D eigenvalue weighted by Crippen LogP contribution is -2.14. The van der Waals surface area contributed by atoms with Crippen LogP contribution in [0, 0.1) is 0 Å². The number of nitrogens with one attached hydrogen (secondary N) is 1.